The molecule has 5 nitrogen and oxygen atoms in total. The lowest BCUT2D eigenvalue weighted by molar-refractivity contribution is -0.153. The van der Waals surface area contributed by atoms with Gasteiger partial charge in [0.25, 0.3) is 11.9 Å². The van der Waals surface area contributed by atoms with Crippen LogP contribution in [0, 0.1) is 0 Å². The first kappa shape index (κ1) is 9.45. The van der Waals surface area contributed by atoms with E-state index in [0.29, 0.717) is 12.8 Å². The summed E-state index contributed by atoms with van der Waals surface area (Å²) in [6, 6.07) is -0.0173. The molecule has 0 bridgehead atoms. The summed E-state index contributed by atoms with van der Waals surface area (Å²) in [5.74, 6) is -0.267. The summed E-state index contributed by atoms with van der Waals surface area (Å²) in [6.07, 6.45) is 1.06. The van der Waals surface area contributed by atoms with Crippen molar-refractivity contribution in [1.29, 1.82) is 0 Å². The smallest absolute Gasteiger partial charge is 0.294 e. The monoisotopic (exact) mass is 198 g/mol. The van der Waals surface area contributed by atoms with Crippen LogP contribution in [0.2, 0.25) is 0 Å². The molecule has 2 aliphatic rings. The van der Waals surface area contributed by atoms with Gasteiger partial charge in [-0.1, -0.05) is 0 Å². The number of hydrogen-bond acceptors (Lipinski definition) is 4. The molecule has 5 heteroatoms. The second-order valence-corrected chi connectivity index (χ2v) is 4.02. The van der Waals surface area contributed by atoms with Crippen molar-refractivity contribution in [1.82, 2.24) is 0 Å². The SMILES string of the molecule is CC1CC2(CC(C)O1)OC(N)=NC2=O. The molecule has 0 saturated carbocycles. The highest BCUT2D eigenvalue weighted by molar-refractivity contribution is 6.00. The fraction of sp³-hybridized carbons (Fsp3) is 0.778. The van der Waals surface area contributed by atoms with E-state index in [4.69, 9.17) is 15.2 Å². The molecule has 14 heavy (non-hydrogen) atoms. The van der Waals surface area contributed by atoms with Crippen molar-refractivity contribution in [2.24, 2.45) is 10.7 Å². The van der Waals surface area contributed by atoms with Crippen molar-refractivity contribution in [3.63, 3.8) is 0 Å². The van der Waals surface area contributed by atoms with E-state index in [9.17, 15) is 4.79 Å². The largest absolute Gasteiger partial charge is 0.448 e. The molecule has 0 aliphatic carbocycles. The van der Waals surface area contributed by atoms with Gasteiger partial charge in [0.15, 0.2) is 5.60 Å². The molecule has 78 valence electrons. The predicted octanol–water partition coefficient (Wildman–Crippen LogP) is 0.184. The molecule has 2 atom stereocenters. The number of hydrogen-bond donors (Lipinski definition) is 1. The van der Waals surface area contributed by atoms with Crippen LogP contribution >= 0.6 is 0 Å². The van der Waals surface area contributed by atoms with Crippen molar-refractivity contribution >= 4 is 11.9 Å². The van der Waals surface area contributed by atoms with Crippen molar-refractivity contribution in [3.05, 3.63) is 0 Å². The Morgan fingerprint density at radius 1 is 1.43 bits per heavy atom. The number of ether oxygens (including phenoxy) is 2. The van der Waals surface area contributed by atoms with Crippen LogP contribution in [0.3, 0.4) is 0 Å². The van der Waals surface area contributed by atoms with Crippen LogP contribution < -0.4 is 5.73 Å². The van der Waals surface area contributed by atoms with Gasteiger partial charge < -0.3 is 15.2 Å². The molecular weight excluding hydrogens is 184 g/mol. The van der Waals surface area contributed by atoms with Crippen LogP contribution in [0.5, 0.6) is 0 Å². The summed E-state index contributed by atoms with van der Waals surface area (Å²) in [5, 5.41) is 0. The van der Waals surface area contributed by atoms with Gasteiger partial charge in [-0.25, -0.2) is 0 Å². The van der Waals surface area contributed by atoms with E-state index in [-0.39, 0.29) is 24.1 Å². The molecule has 1 amide bonds. The first-order valence-electron chi connectivity index (χ1n) is 4.75. The number of amides is 1. The van der Waals surface area contributed by atoms with Gasteiger partial charge in [-0.05, 0) is 13.8 Å². The summed E-state index contributed by atoms with van der Waals surface area (Å²) in [7, 11) is 0. The van der Waals surface area contributed by atoms with E-state index < -0.39 is 5.60 Å². The Kier molecular flexibility index (Phi) is 1.99. The van der Waals surface area contributed by atoms with Crippen LogP contribution in [0.15, 0.2) is 4.99 Å². The van der Waals surface area contributed by atoms with Gasteiger partial charge in [-0.3, -0.25) is 4.79 Å². The number of aliphatic imine (C=N–C) groups is 1. The van der Waals surface area contributed by atoms with E-state index >= 15 is 0 Å². The minimum atomic E-state index is -0.846. The number of carbonyl (C=O) groups excluding carboxylic acids is 1. The molecule has 2 rings (SSSR count). The first-order chi connectivity index (χ1) is 6.52. The summed E-state index contributed by atoms with van der Waals surface area (Å²) >= 11 is 0. The van der Waals surface area contributed by atoms with Crippen molar-refractivity contribution in [3.8, 4) is 0 Å². The molecule has 0 aromatic rings. The molecule has 0 aromatic heterocycles. The molecule has 1 fully saturated rings. The zero-order valence-electron chi connectivity index (χ0n) is 8.32. The third-order valence-corrected chi connectivity index (χ3v) is 2.60. The number of nitrogens with two attached hydrogens (primary N) is 1. The highest BCUT2D eigenvalue weighted by Gasteiger charge is 2.50. The molecule has 2 heterocycles. The number of rotatable bonds is 0. The van der Waals surface area contributed by atoms with Crippen LogP contribution in [-0.2, 0) is 14.3 Å². The van der Waals surface area contributed by atoms with Gasteiger partial charge in [-0.15, -0.1) is 0 Å². The van der Waals surface area contributed by atoms with E-state index in [1.54, 1.807) is 0 Å². The Hall–Kier alpha value is -1.10. The Morgan fingerprint density at radius 3 is 2.43 bits per heavy atom. The topological polar surface area (TPSA) is 73.9 Å². The van der Waals surface area contributed by atoms with Gasteiger partial charge in [0.05, 0.1) is 12.2 Å². The van der Waals surface area contributed by atoms with E-state index in [0.717, 1.165) is 0 Å². The minimum absolute atomic E-state index is 0.00352. The molecule has 0 aromatic carbocycles. The molecule has 2 aliphatic heterocycles. The molecule has 2 unspecified atom stereocenters. The van der Waals surface area contributed by atoms with Gasteiger partial charge in [0, 0.05) is 12.8 Å². The normalized spacial score (nSPS) is 42.4. The fourth-order valence-corrected chi connectivity index (χ4v) is 2.23. The molecule has 0 radical (unpaired) electrons. The van der Waals surface area contributed by atoms with Gasteiger partial charge in [-0.2, -0.15) is 4.99 Å². The first-order valence-corrected chi connectivity index (χ1v) is 4.75. The quantitative estimate of drug-likeness (QED) is 0.602. The van der Waals surface area contributed by atoms with Crippen LogP contribution in [0.1, 0.15) is 26.7 Å². The number of carbonyl (C=O) groups is 1. The Morgan fingerprint density at radius 2 is 2.00 bits per heavy atom. The summed E-state index contributed by atoms with van der Waals surface area (Å²) in [4.78, 5) is 15.2. The van der Waals surface area contributed by atoms with Crippen molar-refractivity contribution < 1.29 is 14.3 Å². The minimum Gasteiger partial charge on any atom is -0.448 e. The fourth-order valence-electron chi connectivity index (χ4n) is 2.23. The molecule has 1 spiro atoms. The second kappa shape index (κ2) is 2.95. The van der Waals surface area contributed by atoms with E-state index in [2.05, 4.69) is 4.99 Å². The van der Waals surface area contributed by atoms with Gasteiger partial charge >= 0.3 is 0 Å². The highest BCUT2D eigenvalue weighted by atomic mass is 16.6. The van der Waals surface area contributed by atoms with E-state index in [1.807, 2.05) is 13.8 Å². The molecule has 1 saturated heterocycles. The van der Waals surface area contributed by atoms with Crippen molar-refractivity contribution in [2.45, 2.75) is 44.5 Å². The van der Waals surface area contributed by atoms with Crippen molar-refractivity contribution in [2.75, 3.05) is 0 Å². The third-order valence-electron chi connectivity index (χ3n) is 2.60. The lowest BCUT2D eigenvalue weighted by atomic mass is 9.87. The Labute approximate surface area is 82.3 Å². The average Bonchev–Trinajstić information content (AvgIpc) is 2.23. The standard InChI is InChI=1S/C9H14N2O3/c1-5-3-9(4-6(2)13-5)7(12)11-8(10)14-9/h5-6H,3-4H2,1-2H3,(H2,10,11,12). The third kappa shape index (κ3) is 1.37. The second-order valence-electron chi connectivity index (χ2n) is 4.02. The average molecular weight is 198 g/mol. The summed E-state index contributed by atoms with van der Waals surface area (Å²) in [6.45, 7) is 3.84. The van der Waals surface area contributed by atoms with Crippen LogP contribution in [0.4, 0.5) is 0 Å². The lowest BCUT2D eigenvalue weighted by Gasteiger charge is -2.37. The maximum absolute atomic E-state index is 11.6. The number of nitrogens with zero attached hydrogens (tertiary/aromatic N) is 1. The maximum Gasteiger partial charge on any atom is 0.294 e. The zero-order valence-corrected chi connectivity index (χ0v) is 8.32. The molecular formula is C9H14N2O3. The maximum atomic E-state index is 11.6. The van der Waals surface area contributed by atoms with Crippen LogP contribution in [-0.4, -0.2) is 29.7 Å². The van der Waals surface area contributed by atoms with E-state index in [1.165, 1.54) is 0 Å². The summed E-state index contributed by atoms with van der Waals surface area (Å²) < 4.78 is 10.9. The number of amidine groups is 1. The predicted molar refractivity (Wildman–Crippen MR) is 49.7 cm³/mol. The zero-order chi connectivity index (χ0) is 10.3. The lowest BCUT2D eigenvalue weighted by Crippen LogP contribution is -2.48. The Balaban J connectivity index is 2.21. The van der Waals surface area contributed by atoms with Crippen LogP contribution in [0.25, 0.3) is 0 Å². The van der Waals surface area contributed by atoms with Gasteiger partial charge in [0.2, 0.25) is 0 Å². The summed E-state index contributed by atoms with van der Waals surface area (Å²) in [5.41, 5.74) is 4.54. The Bertz CT molecular complexity index is 290. The van der Waals surface area contributed by atoms with Gasteiger partial charge in [0.1, 0.15) is 0 Å². The molecule has 2 N–H and O–H groups in total. The highest BCUT2D eigenvalue weighted by Crippen LogP contribution is 2.35.